The highest BCUT2D eigenvalue weighted by molar-refractivity contribution is 7.88. The van der Waals surface area contributed by atoms with E-state index in [1.807, 2.05) is 0 Å². The van der Waals surface area contributed by atoms with Gasteiger partial charge in [0.25, 0.3) is 0 Å². The fourth-order valence-corrected chi connectivity index (χ4v) is 3.84. The first kappa shape index (κ1) is 14.1. The summed E-state index contributed by atoms with van der Waals surface area (Å²) in [5.74, 6) is -0.0728. The molecule has 0 amide bonds. The lowest BCUT2D eigenvalue weighted by molar-refractivity contribution is 0.471. The van der Waals surface area contributed by atoms with Crippen LogP contribution < -0.4 is 5.73 Å². The lowest BCUT2D eigenvalue weighted by Crippen LogP contribution is -2.32. The molecule has 0 aromatic heterocycles. The third-order valence-corrected chi connectivity index (χ3v) is 5.47. The molecule has 18 heavy (non-hydrogen) atoms. The van der Waals surface area contributed by atoms with Gasteiger partial charge in [0.05, 0.1) is 15.8 Å². The Kier molecular flexibility index (Phi) is 4.18. The van der Waals surface area contributed by atoms with Gasteiger partial charge in [0.2, 0.25) is 10.0 Å². The third kappa shape index (κ3) is 3.16. The van der Waals surface area contributed by atoms with Gasteiger partial charge in [0, 0.05) is 19.1 Å². The van der Waals surface area contributed by atoms with Gasteiger partial charge in [-0.05, 0) is 24.1 Å². The lowest BCUT2D eigenvalue weighted by atomic mass is 10.2. The highest BCUT2D eigenvalue weighted by Crippen LogP contribution is 2.24. The molecule has 1 aromatic carbocycles. The Hall–Kier alpha value is -0.330. The maximum atomic E-state index is 12.1. The van der Waals surface area contributed by atoms with E-state index in [2.05, 4.69) is 0 Å². The second-order valence-corrected chi connectivity index (χ2v) is 7.19. The Morgan fingerprint density at radius 3 is 2.61 bits per heavy atom. The van der Waals surface area contributed by atoms with Gasteiger partial charge >= 0.3 is 0 Å². The molecule has 0 spiro atoms. The number of nitrogens with two attached hydrogens (primary N) is 1. The molecule has 1 aliphatic rings. The Labute approximate surface area is 117 Å². The molecule has 7 heteroatoms. The number of hydrogen-bond donors (Lipinski definition) is 1. The number of halogens is 2. The third-order valence-electron chi connectivity index (χ3n) is 2.91. The zero-order valence-corrected chi connectivity index (χ0v) is 12.0. The van der Waals surface area contributed by atoms with Gasteiger partial charge in [0.15, 0.2) is 0 Å². The summed E-state index contributed by atoms with van der Waals surface area (Å²) in [6.07, 6.45) is 0.709. The molecule has 4 nitrogen and oxygen atoms in total. The molecule has 100 valence electrons. The Bertz CT molecular complexity index is 548. The second kappa shape index (κ2) is 5.35. The van der Waals surface area contributed by atoms with E-state index in [0.29, 0.717) is 35.1 Å². The SMILES string of the molecule is NC1CCN(S(=O)(=O)Cc2ccc(Cl)c(Cl)c2)C1. The van der Waals surface area contributed by atoms with Crippen molar-refractivity contribution in [1.82, 2.24) is 4.31 Å². The molecule has 1 aromatic rings. The molecular formula is C11H14Cl2N2O2S. The van der Waals surface area contributed by atoms with Crippen molar-refractivity contribution in [1.29, 1.82) is 0 Å². The second-order valence-electron chi connectivity index (χ2n) is 4.41. The standard InChI is InChI=1S/C11H14Cl2N2O2S/c12-10-2-1-8(5-11(10)13)7-18(16,17)15-4-3-9(14)6-15/h1-2,5,9H,3-4,6-7,14H2. The van der Waals surface area contributed by atoms with Crippen LogP contribution in [0.15, 0.2) is 18.2 Å². The molecule has 1 aliphatic heterocycles. The van der Waals surface area contributed by atoms with Crippen molar-refractivity contribution in [3.8, 4) is 0 Å². The monoisotopic (exact) mass is 308 g/mol. The van der Waals surface area contributed by atoms with Gasteiger partial charge in [-0.1, -0.05) is 29.3 Å². The Morgan fingerprint density at radius 2 is 2.06 bits per heavy atom. The lowest BCUT2D eigenvalue weighted by Gasteiger charge is -2.16. The van der Waals surface area contributed by atoms with E-state index >= 15 is 0 Å². The summed E-state index contributed by atoms with van der Waals surface area (Å²) in [6.45, 7) is 0.883. The fourth-order valence-electron chi connectivity index (χ4n) is 1.94. The molecule has 2 N–H and O–H groups in total. The normalized spacial score (nSPS) is 21.4. The fraction of sp³-hybridized carbons (Fsp3) is 0.455. The molecule has 1 fully saturated rings. The highest BCUT2D eigenvalue weighted by atomic mass is 35.5. The Balaban J connectivity index is 2.15. The van der Waals surface area contributed by atoms with Gasteiger partial charge in [-0.2, -0.15) is 0 Å². The van der Waals surface area contributed by atoms with E-state index in [9.17, 15) is 8.42 Å². The molecule has 1 atom stereocenters. The van der Waals surface area contributed by atoms with E-state index in [4.69, 9.17) is 28.9 Å². The average molecular weight is 309 g/mol. The van der Waals surface area contributed by atoms with Crippen molar-refractivity contribution in [2.75, 3.05) is 13.1 Å². The summed E-state index contributed by atoms with van der Waals surface area (Å²) in [5, 5.41) is 0.781. The van der Waals surface area contributed by atoms with Crippen molar-refractivity contribution in [2.45, 2.75) is 18.2 Å². The van der Waals surface area contributed by atoms with Crippen molar-refractivity contribution in [3.05, 3.63) is 33.8 Å². The van der Waals surface area contributed by atoms with Crippen LogP contribution in [0.2, 0.25) is 10.0 Å². The minimum Gasteiger partial charge on any atom is -0.326 e. The molecular weight excluding hydrogens is 295 g/mol. The maximum absolute atomic E-state index is 12.1. The number of rotatable bonds is 3. The first-order valence-corrected chi connectivity index (χ1v) is 7.92. The van der Waals surface area contributed by atoms with E-state index in [1.165, 1.54) is 4.31 Å². The van der Waals surface area contributed by atoms with Crippen LogP contribution in [0.25, 0.3) is 0 Å². The quantitative estimate of drug-likeness (QED) is 0.927. The molecule has 0 bridgehead atoms. The maximum Gasteiger partial charge on any atom is 0.218 e. The minimum absolute atomic E-state index is 0.0615. The van der Waals surface area contributed by atoms with Crippen LogP contribution in [0.1, 0.15) is 12.0 Å². The summed E-state index contributed by atoms with van der Waals surface area (Å²) in [6, 6.07) is 4.79. The molecule has 1 saturated heterocycles. The van der Waals surface area contributed by atoms with Crippen molar-refractivity contribution < 1.29 is 8.42 Å². The summed E-state index contributed by atoms with van der Waals surface area (Å²) in [4.78, 5) is 0. The molecule has 2 rings (SSSR count). The molecule has 0 saturated carbocycles. The number of nitrogens with zero attached hydrogens (tertiary/aromatic N) is 1. The van der Waals surface area contributed by atoms with Gasteiger partial charge in [-0.25, -0.2) is 12.7 Å². The van der Waals surface area contributed by atoms with Crippen LogP contribution in [0.4, 0.5) is 0 Å². The largest absolute Gasteiger partial charge is 0.326 e. The minimum atomic E-state index is -3.32. The van der Waals surface area contributed by atoms with Crippen molar-refractivity contribution in [3.63, 3.8) is 0 Å². The predicted molar refractivity (Wildman–Crippen MR) is 73.3 cm³/mol. The van der Waals surface area contributed by atoms with E-state index in [1.54, 1.807) is 18.2 Å². The van der Waals surface area contributed by atoms with E-state index in [0.717, 1.165) is 0 Å². The van der Waals surface area contributed by atoms with Gasteiger partial charge in [0.1, 0.15) is 0 Å². The first-order chi connectivity index (χ1) is 8.38. The zero-order valence-electron chi connectivity index (χ0n) is 9.64. The predicted octanol–water partition coefficient (Wildman–Crippen LogP) is 1.86. The number of benzene rings is 1. The van der Waals surface area contributed by atoms with Crippen LogP contribution >= 0.6 is 23.2 Å². The zero-order chi connectivity index (χ0) is 13.3. The Morgan fingerprint density at radius 1 is 1.33 bits per heavy atom. The summed E-state index contributed by atoms with van der Waals surface area (Å²) in [7, 11) is -3.32. The average Bonchev–Trinajstić information content (AvgIpc) is 2.71. The van der Waals surface area contributed by atoms with Crippen LogP contribution in [-0.4, -0.2) is 31.9 Å². The van der Waals surface area contributed by atoms with E-state index in [-0.39, 0.29) is 11.8 Å². The van der Waals surface area contributed by atoms with Crippen molar-refractivity contribution in [2.24, 2.45) is 5.73 Å². The topological polar surface area (TPSA) is 63.4 Å². The smallest absolute Gasteiger partial charge is 0.218 e. The van der Waals surface area contributed by atoms with Crippen LogP contribution in [0, 0.1) is 0 Å². The van der Waals surface area contributed by atoms with Crippen LogP contribution in [0.5, 0.6) is 0 Å². The van der Waals surface area contributed by atoms with Crippen LogP contribution in [-0.2, 0) is 15.8 Å². The molecule has 1 heterocycles. The number of hydrogen-bond acceptors (Lipinski definition) is 3. The van der Waals surface area contributed by atoms with Gasteiger partial charge < -0.3 is 5.73 Å². The summed E-state index contributed by atoms with van der Waals surface area (Å²) < 4.78 is 25.7. The molecule has 0 radical (unpaired) electrons. The van der Waals surface area contributed by atoms with E-state index < -0.39 is 10.0 Å². The molecule has 1 unspecified atom stereocenters. The van der Waals surface area contributed by atoms with Gasteiger partial charge in [-0.15, -0.1) is 0 Å². The summed E-state index contributed by atoms with van der Waals surface area (Å²) >= 11 is 11.7. The van der Waals surface area contributed by atoms with Gasteiger partial charge in [-0.3, -0.25) is 0 Å². The summed E-state index contributed by atoms with van der Waals surface area (Å²) in [5.41, 5.74) is 6.34. The highest BCUT2D eigenvalue weighted by Gasteiger charge is 2.29. The molecule has 0 aliphatic carbocycles. The first-order valence-electron chi connectivity index (χ1n) is 5.56. The number of sulfonamides is 1. The van der Waals surface area contributed by atoms with Crippen molar-refractivity contribution >= 4 is 33.2 Å². The van der Waals surface area contributed by atoms with Crippen LogP contribution in [0.3, 0.4) is 0 Å².